The molecule has 0 fully saturated rings. The lowest BCUT2D eigenvalue weighted by Crippen LogP contribution is -2.32. The molecule has 0 spiro atoms. The maximum absolute atomic E-state index is 13.2. The number of aromatic amines is 1. The summed E-state index contributed by atoms with van der Waals surface area (Å²) in [6, 6.07) is 24.7. The Morgan fingerprint density at radius 3 is 2.29 bits per heavy atom. The topological polar surface area (TPSA) is 81.2 Å². The summed E-state index contributed by atoms with van der Waals surface area (Å²) in [5, 5.41) is 10.3. The summed E-state index contributed by atoms with van der Waals surface area (Å²) in [5.74, 6) is 1.93. The molecule has 34 heavy (non-hydrogen) atoms. The minimum absolute atomic E-state index is 0.0252. The molecular weight excluding hydrogens is 448 g/mol. The van der Waals surface area contributed by atoms with Crippen molar-refractivity contribution in [1.29, 1.82) is 0 Å². The van der Waals surface area contributed by atoms with Crippen LogP contribution in [-0.2, 0) is 11.3 Å². The number of hydrogen-bond donors (Lipinski definition) is 2. The Hall–Kier alpha value is -3.91. The first kappa shape index (κ1) is 23.3. The summed E-state index contributed by atoms with van der Waals surface area (Å²) in [4.78, 5) is 13.2. The highest BCUT2D eigenvalue weighted by molar-refractivity contribution is 7.71. The lowest BCUT2D eigenvalue weighted by molar-refractivity contribution is -0.122. The number of nitrogens with one attached hydrogen (secondary N) is 2. The van der Waals surface area contributed by atoms with Gasteiger partial charge in [0.1, 0.15) is 18.0 Å². The Kier molecular flexibility index (Phi) is 7.39. The first-order chi connectivity index (χ1) is 16.6. The van der Waals surface area contributed by atoms with Gasteiger partial charge in [0.15, 0.2) is 10.6 Å². The van der Waals surface area contributed by atoms with E-state index in [9.17, 15) is 4.79 Å². The molecule has 0 aliphatic carbocycles. The molecule has 7 nitrogen and oxygen atoms in total. The molecule has 1 aromatic heterocycles. The fourth-order valence-electron chi connectivity index (χ4n) is 3.70. The van der Waals surface area contributed by atoms with E-state index in [2.05, 4.69) is 15.5 Å². The molecule has 0 bridgehead atoms. The van der Waals surface area contributed by atoms with Crippen LogP contribution in [0.1, 0.15) is 24.1 Å². The minimum atomic E-state index is -0.324. The molecule has 0 aliphatic heterocycles. The third kappa shape index (κ3) is 5.35. The van der Waals surface area contributed by atoms with Gasteiger partial charge in [-0.15, -0.1) is 0 Å². The SMILES string of the molecule is CCOc1ccc(-c2n[nH]c(=S)n2CC(=O)NC(c2ccccc2)c2ccc(OC)cc2)cc1. The lowest BCUT2D eigenvalue weighted by atomic mass is 9.98. The zero-order valence-corrected chi connectivity index (χ0v) is 19.8. The highest BCUT2D eigenvalue weighted by atomic mass is 32.1. The van der Waals surface area contributed by atoms with E-state index in [0.29, 0.717) is 17.2 Å². The maximum atomic E-state index is 13.2. The third-order valence-corrected chi connectivity index (χ3v) is 5.68. The summed E-state index contributed by atoms with van der Waals surface area (Å²) in [7, 11) is 1.63. The van der Waals surface area contributed by atoms with E-state index in [-0.39, 0.29) is 18.5 Å². The largest absolute Gasteiger partial charge is 0.497 e. The second-order valence-corrected chi connectivity index (χ2v) is 7.97. The van der Waals surface area contributed by atoms with Crippen LogP contribution in [0, 0.1) is 4.77 Å². The molecule has 4 aromatic rings. The number of methoxy groups -OCH3 is 1. The minimum Gasteiger partial charge on any atom is -0.497 e. The zero-order valence-electron chi connectivity index (χ0n) is 19.0. The Morgan fingerprint density at radius 1 is 1.00 bits per heavy atom. The summed E-state index contributed by atoms with van der Waals surface area (Å²) in [6.07, 6.45) is 0. The molecule has 1 atom stereocenters. The smallest absolute Gasteiger partial charge is 0.240 e. The van der Waals surface area contributed by atoms with Gasteiger partial charge in [-0.1, -0.05) is 42.5 Å². The van der Waals surface area contributed by atoms with Crippen molar-refractivity contribution in [1.82, 2.24) is 20.1 Å². The summed E-state index contributed by atoms with van der Waals surface area (Å²) < 4.78 is 12.9. The van der Waals surface area contributed by atoms with Crippen LogP contribution in [0.4, 0.5) is 0 Å². The van der Waals surface area contributed by atoms with Gasteiger partial charge >= 0.3 is 0 Å². The van der Waals surface area contributed by atoms with E-state index < -0.39 is 0 Å². The van der Waals surface area contributed by atoms with Crippen LogP contribution in [0.25, 0.3) is 11.4 Å². The van der Waals surface area contributed by atoms with E-state index >= 15 is 0 Å². The van der Waals surface area contributed by atoms with Crippen molar-refractivity contribution in [3.8, 4) is 22.9 Å². The van der Waals surface area contributed by atoms with E-state index in [1.807, 2.05) is 85.8 Å². The number of carbonyl (C=O) groups excluding carboxylic acids is 1. The molecule has 1 unspecified atom stereocenters. The van der Waals surface area contributed by atoms with Gasteiger partial charge in [-0.05, 0) is 66.7 Å². The molecule has 0 saturated carbocycles. The predicted molar refractivity (Wildman–Crippen MR) is 133 cm³/mol. The van der Waals surface area contributed by atoms with Crippen LogP contribution in [0.2, 0.25) is 0 Å². The fourth-order valence-corrected chi connectivity index (χ4v) is 3.90. The number of aromatic nitrogens is 3. The van der Waals surface area contributed by atoms with Crippen LogP contribution in [-0.4, -0.2) is 34.4 Å². The van der Waals surface area contributed by atoms with E-state index in [4.69, 9.17) is 21.7 Å². The van der Waals surface area contributed by atoms with Crippen LogP contribution in [0.15, 0.2) is 78.9 Å². The number of rotatable bonds is 9. The first-order valence-electron chi connectivity index (χ1n) is 11.0. The van der Waals surface area contributed by atoms with Crippen LogP contribution in [0.5, 0.6) is 11.5 Å². The molecule has 2 N–H and O–H groups in total. The molecule has 174 valence electrons. The Balaban J connectivity index is 1.58. The molecule has 8 heteroatoms. The number of hydrogen-bond acceptors (Lipinski definition) is 5. The van der Waals surface area contributed by atoms with Crippen molar-refractivity contribution in [3.05, 3.63) is 94.8 Å². The molecular formula is C26H26N4O3S. The lowest BCUT2D eigenvalue weighted by Gasteiger charge is -2.20. The average Bonchev–Trinajstić information content (AvgIpc) is 3.23. The van der Waals surface area contributed by atoms with Gasteiger partial charge < -0.3 is 14.8 Å². The van der Waals surface area contributed by atoms with Gasteiger partial charge in [0.25, 0.3) is 0 Å². The van der Waals surface area contributed by atoms with E-state index in [0.717, 1.165) is 28.2 Å². The Bertz CT molecular complexity index is 1280. The zero-order chi connectivity index (χ0) is 23.9. The molecule has 3 aromatic carbocycles. The van der Waals surface area contributed by atoms with Gasteiger partial charge in [0, 0.05) is 5.56 Å². The summed E-state index contributed by atoms with van der Waals surface area (Å²) >= 11 is 5.41. The number of benzene rings is 3. The molecule has 0 radical (unpaired) electrons. The van der Waals surface area contributed by atoms with Crippen molar-refractivity contribution in [2.45, 2.75) is 19.5 Å². The van der Waals surface area contributed by atoms with E-state index in [1.165, 1.54) is 0 Å². The quantitative estimate of drug-likeness (QED) is 0.337. The Labute approximate surface area is 203 Å². The number of amides is 1. The standard InChI is InChI=1S/C26H26N4O3S/c1-3-33-22-15-11-20(12-16-22)25-28-29-26(34)30(25)17-23(31)27-24(18-7-5-4-6-8-18)19-9-13-21(32-2)14-10-19/h4-16,24H,3,17H2,1-2H3,(H,27,31)(H,29,34). The molecule has 4 rings (SSSR count). The number of ether oxygens (including phenoxy) is 2. The van der Waals surface area contributed by atoms with Crippen molar-refractivity contribution < 1.29 is 14.3 Å². The fraction of sp³-hybridized carbons (Fsp3) is 0.192. The number of H-pyrrole nitrogens is 1. The molecule has 1 amide bonds. The Morgan fingerprint density at radius 2 is 1.65 bits per heavy atom. The van der Waals surface area contributed by atoms with Crippen LogP contribution >= 0.6 is 12.2 Å². The van der Waals surface area contributed by atoms with Gasteiger partial charge in [-0.3, -0.25) is 14.5 Å². The monoisotopic (exact) mass is 474 g/mol. The van der Waals surface area contributed by atoms with Crippen molar-refractivity contribution in [2.24, 2.45) is 0 Å². The first-order valence-corrected chi connectivity index (χ1v) is 11.4. The second-order valence-electron chi connectivity index (χ2n) is 7.58. The molecule has 0 saturated heterocycles. The van der Waals surface area contributed by atoms with Crippen molar-refractivity contribution in [2.75, 3.05) is 13.7 Å². The third-order valence-electron chi connectivity index (χ3n) is 5.37. The normalized spacial score (nSPS) is 11.6. The van der Waals surface area contributed by atoms with Gasteiger partial charge in [-0.2, -0.15) is 5.10 Å². The second kappa shape index (κ2) is 10.8. The van der Waals surface area contributed by atoms with Crippen molar-refractivity contribution in [3.63, 3.8) is 0 Å². The number of carbonyl (C=O) groups is 1. The molecule has 1 heterocycles. The molecule has 0 aliphatic rings. The highest BCUT2D eigenvalue weighted by Gasteiger charge is 2.19. The van der Waals surface area contributed by atoms with Crippen LogP contribution in [0.3, 0.4) is 0 Å². The van der Waals surface area contributed by atoms with Crippen LogP contribution < -0.4 is 14.8 Å². The number of nitrogens with zero attached hydrogens (tertiary/aromatic N) is 2. The van der Waals surface area contributed by atoms with Gasteiger partial charge in [-0.25, -0.2) is 0 Å². The average molecular weight is 475 g/mol. The summed E-state index contributed by atoms with van der Waals surface area (Å²) in [6.45, 7) is 2.55. The predicted octanol–water partition coefficient (Wildman–Crippen LogP) is 4.92. The van der Waals surface area contributed by atoms with E-state index in [1.54, 1.807) is 11.7 Å². The van der Waals surface area contributed by atoms with Gasteiger partial charge in [0.05, 0.1) is 19.8 Å². The van der Waals surface area contributed by atoms with Crippen molar-refractivity contribution >= 4 is 18.1 Å². The van der Waals surface area contributed by atoms with Gasteiger partial charge in [0.2, 0.25) is 5.91 Å². The maximum Gasteiger partial charge on any atom is 0.240 e. The summed E-state index contributed by atoms with van der Waals surface area (Å²) in [5.41, 5.74) is 2.75. The highest BCUT2D eigenvalue weighted by Crippen LogP contribution is 2.25.